The number of rotatable bonds is 4. The molecular weight excluding hydrogens is 302 g/mol. The molecule has 0 unspecified atom stereocenters. The van der Waals surface area contributed by atoms with Gasteiger partial charge in [-0.05, 0) is 17.5 Å². The number of carboxylic acids is 1. The zero-order valence-electron chi connectivity index (χ0n) is 13.0. The molecule has 0 spiro atoms. The molecule has 23 heavy (non-hydrogen) atoms. The van der Waals surface area contributed by atoms with E-state index in [1.807, 2.05) is 13.8 Å². The monoisotopic (exact) mass is 319 g/mol. The molecule has 122 valence electrons. The lowest BCUT2D eigenvalue weighted by Gasteiger charge is -2.13. The van der Waals surface area contributed by atoms with Crippen LogP contribution in [0.1, 0.15) is 35.7 Å². The summed E-state index contributed by atoms with van der Waals surface area (Å²) in [4.78, 5) is 39.0. The molecule has 0 saturated carbocycles. The molecule has 0 aliphatic carbocycles. The van der Waals surface area contributed by atoms with Crippen LogP contribution in [0.15, 0.2) is 17.1 Å². The number of aromatic hydroxyl groups is 1. The molecule has 2 aromatic rings. The smallest absolute Gasteiger partial charge is 0.322 e. The molecule has 0 aliphatic rings. The van der Waals surface area contributed by atoms with E-state index in [9.17, 15) is 19.5 Å². The van der Waals surface area contributed by atoms with Crippen LogP contribution in [0.25, 0.3) is 11.0 Å². The largest absolute Gasteiger partial charge is 0.505 e. The van der Waals surface area contributed by atoms with E-state index >= 15 is 0 Å². The van der Waals surface area contributed by atoms with Crippen LogP contribution < -0.4 is 10.9 Å². The van der Waals surface area contributed by atoms with Gasteiger partial charge in [0.15, 0.2) is 5.75 Å². The number of pyridine rings is 2. The van der Waals surface area contributed by atoms with Crippen molar-refractivity contribution in [2.24, 2.45) is 7.05 Å². The van der Waals surface area contributed by atoms with Crippen LogP contribution in [0.5, 0.6) is 5.75 Å². The van der Waals surface area contributed by atoms with Gasteiger partial charge in [-0.3, -0.25) is 19.4 Å². The Labute approximate surface area is 131 Å². The summed E-state index contributed by atoms with van der Waals surface area (Å²) in [6.45, 7) is 3.28. The highest BCUT2D eigenvalue weighted by molar-refractivity contribution is 6.02. The van der Waals surface area contributed by atoms with Crippen molar-refractivity contribution in [3.8, 4) is 5.75 Å². The summed E-state index contributed by atoms with van der Waals surface area (Å²) in [5, 5.41) is 20.9. The van der Waals surface area contributed by atoms with Crippen LogP contribution in [0.2, 0.25) is 0 Å². The Morgan fingerprint density at radius 1 is 1.39 bits per heavy atom. The van der Waals surface area contributed by atoms with Crippen LogP contribution in [-0.2, 0) is 11.8 Å². The van der Waals surface area contributed by atoms with Gasteiger partial charge in [-0.25, -0.2) is 0 Å². The summed E-state index contributed by atoms with van der Waals surface area (Å²) in [7, 11) is 1.46. The van der Waals surface area contributed by atoms with Crippen LogP contribution >= 0.6 is 0 Å². The number of nitrogens with one attached hydrogen (secondary N) is 1. The normalized spacial score (nSPS) is 11.0. The number of aliphatic carboxylic acids is 1. The van der Waals surface area contributed by atoms with Gasteiger partial charge in [0.25, 0.3) is 11.5 Å². The average Bonchev–Trinajstić information content (AvgIpc) is 2.50. The predicted molar refractivity (Wildman–Crippen MR) is 82.7 cm³/mol. The van der Waals surface area contributed by atoms with Crippen molar-refractivity contribution >= 4 is 22.9 Å². The van der Waals surface area contributed by atoms with Gasteiger partial charge in [-0.2, -0.15) is 0 Å². The highest BCUT2D eigenvalue weighted by Gasteiger charge is 2.22. The lowest BCUT2D eigenvalue weighted by molar-refractivity contribution is -0.135. The molecule has 0 aliphatic heterocycles. The minimum atomic E-state index is -1.25. The zero-order valence-corrected chi connectivity index (χ0v) is 13.0. The number of carbonyl (C=O) groups is 2. The van der Waals surface area contributed by atoms with E-state index in [0.29, 0.717) is 5.52 Å². The maximum atomic E-state index is 12.3. The van der Waals surface area contributed by atoms with Crippen molar-refractivity contribution in [1.82, 2.24) is 14.9 Å². The van der Waals surface area contributed by atoms with Gasteiger partial charge in [0.1, 0.15) is 17.6 Å². The molecule has 3 N–H and O–H groups in total. The van der Waals surface area contributed by atoms with Crippen LogP contribution in [-0.4, -0.2) is 38.2 Å². The number of carboxylic acid groups (broad SMARTS) is 1. The molecule has 0 saturated heterocycles. The molecule has 0 atom stereocenters. The van der Waals surface area contributed by atoms with Crippen molar-refractivity contribution in [2.45, 2.75) is 19.8 Å². The van der Waals surface area contributed by atoms with Gasteiger partial charge in [0.2, 0.25) is 0 Å². The first-order chi connectivity index (χ1) is 10.7. The minimum Gasteiger partial charge on any atom is -0.505 e. The molecule has 8 nitrogen and oxygen atoms in total. The predicted octanol–water partition coefficient (Wildman–Crippen LogP) is 0.577. The first kappa shape index (κ1) is 16.5. The van der Waals surface area contributed by atoms with Gasteiger partial charge in [0, 0.05) is 13.2 Å². The second kappa shape index (κ2) is 6.07. The molecule has 0 radical (unpaired) electrons. The Balaban J connectivity index is 2.65. The van der Waals surface area contributed by atoms with E-state index in [1.165, 1.54) is 11.6 Å². The molecule has 8 heteroatoms. The van der Waals surface area contributed by atoms with Crippen molar-refractivity contribution < 1.29 is 19.8 Å². The average molecular weight is 319 g/mol. The third-order valence-electron chi connectivity index (χ3n) is 3.52. The summed E-state index contributed by atoms with van der Waals surface area (Å²) in [5.41, 5.74) is 0.145. The molecule has 0 fully saturated rings. The first-order valence-electron chi connectivity index (χ1n) is 6.95. The highest BCUT2D eigenvalue weighted by atomic mass is 16.4. The van der Waals surface area contributed by atoms with Gasteiger partial charge >= 0.3 is 5.97 Å². The molecule has 0 aromatic carbocycles. The quantitative estimate of drug-likeness (QED) is 0.757. The van der Waals surface area contributed by atoms with Crippen LogP contribution in [0, 0.1) is 0 Å². The molecule has 2 heterocycles. The zero-order chi connectivity index (χ0) is 17.3. The highest BCUT2D eigenvalue weighted by Crippen LogP contribution is 2.26. The number of nitrogens with zero attached hydrogens (tertiary/aromatic N) is 2. The number of amides is 1. The fourth-order valence-electron chi connectivity index (χ4n) is 2.17. The van der Waals surface area contributed by atoms with Crippen molar-refractivity contribution in [3.63, 3.8) is 0 Å². The lowest BCUT2D eigenvalue weighted by Crippen LogP contribution is -2.35. The standard InChI is InChI=1S/C15H17N3O5/c1-7(2)8-4-9-12(16-5-8)13(21)11(15(23)18(9)3)14(22)17-6-10(19)20/h4-5,7,21H,6H2,1-3H3,(H,17,22)(H,19,20). The van der Waals surface area contributed by atoms with Gasteiger partial charge in [-0.15, -0.1) is 0 Å². The fraction of sp³-hybridized carbons (Fsp3) is 0.333. The van der Waals surface area contributed by atoms with Crippen LogP contribution in [0.3, 0.4) is 0 Å². The molecule has 0 bridgehead atoms. The van der Waals surface area contributed by atoms with Gasteiger partial charge in [0.05, 0.1) is 5.52 Å². The van der Waals surface area contributed by atoms with E-state index < -0.39 is 35.3 Å². The summed E-state index contributed by atoms with van der Waals surface area (Å²) in [6.07, 6.45) is 1.57. The minimum absolute atomic E-state index is 0.108. The topological polar surface area (TPSA) is 122 Å². The van der Waals surface area contributed by atoms with E-state index in [0.717, 1.165) is 5.56 Å². The number of hydrogen-bond donors (Lipinski definition) is 3. The summed E-state index contributed by atoms with van der Waals surface area (Å²) < 4.78 is 1.21. The van der Waals surface area contributed by atoms with E-state index in [1.54, 1.807) is 12.3 Å². The van der Waals surface area contributed by atoms with E-state index in [-0.39, 0.29) is 11.4 Å². The summed E-state index contributed by atoms with van der Waals surface area (Å²) in [6, 6.07) is 1.73. The van der Waals surface area contributed by atoms with Crippen molar-refractivity contribution in [2.75, 3.05) is 6.54 Å². The fourth-order valence-corrected chi connectivity index (χ4v) is 2.17. The lowest BCUT2D eigenvalue weighted by atomic mass is 10.0. The maximum Gasteiger partial charge on any atom is 0.322 e. The first-order valence-corrected chi connectivity index (χ1v) is 6.95. The summed E-state index contributed by atoms with van der Waals surface area (Å²) in [5.74, 6) is -2.58. The second-order valence-electron chi connectivity index (χ2n) is 5.46. The second-order valence-corrected chi connectivity index (χ2v) is 5.46. The summed E-state index contributed by atoms with van der Waals surface area (Å²) >= 11 is 0. The van der Waals surface area contributed by atoms with Crippen molar-refractivity contribution in [1.29, 1.82) is 0 Å². The number of hydrogen-bond acceptors (Lipinski definition) is 5. The van der Waals surface area contributed by atoms with Crippen LogP contribution in [0.4, 0.5) is 0 Å². The molecule has 2 rings (SSSR count). The molecular formula is C15H17N3O5. The number of fused-ring (bicyclic) bond motifs is 1. The Bertz CT molecular complexity index is 854. The maximum absolute atomic E-state index is 12.3. The third-order valence-corrected chi connectivity index (χ3v) is 3.52. The van der Waals surface area contributed by atoms with Gasteiger partial charge < -0.3 is 20.1 Å². The van der Waals surface area contributed by atoms with E-state index in [2.05, 4.69) is 10.3 Å². The van der Waals surface area contributed by atoms with Crippen molar-refractivity contribution in [3.05, 3.63) is 33.7 Å². The number of carbonyl (C=O) groups excluding carboxylic acids is 1. The Hall–Kier alpha value is -2.90. The number of aryl methyl sites for hydroxylation is 1. The third kappa shape index (κ3) is 3.01. The number of aromatic nitrogens is 2. The molecule has 1 amide bonds. The van der Waals surface area contributed by atoms with E-state index in [4.69, 9.17) is 5.11 Å². The SMILES string of the molecule is CC(C)c1cnc2c(O)c(C(=O)NCC(=O)O)c(=O)n(C)c2c1. The molecule has 2 aromatic heterocycles. The Morgan fingerprint density at radius 3 is 2.61 bits per heavy atom. The van der Waals surface area contributed by atoms with Gasteiger partial charge in [-0.1, -0.05) is 13.8 Å². The Kier molecular flexibility index (Phi) is 4.35. The Morgan fingerprint density at radius 2 is 2.04 bits per heavy atom.